The Hall–Kier alpha value is -1.75. The SMILES string of the molecule is O=C(NCCc1ccc2c(c1)OCCO2)C1CCOCC1. The zero-order valence-electron chi connectivity index (χ0n) is 12.1. The number of carbonyl (C=O) groups is 1. The van der Waals surface area contributed by atoms with Crippen molar-refractivity contribution in [1.29, 1.82) is 0 Å². The first-order valence-electron chi connectivity index (χ1n) is 7.57. The maximum absolute atomic E-state index is 12.0. The Kier molecular flexibility index (Phi) is 4.60. The van der Waals surface area contributed by atoms with E-state index in [1.807, 2.05) is 18.2 Å². The lowest BCUT2D eigenvalue weighted by molar-refractivity contribution is -0.127. The molecule has 0 aliphatic carbocycles. The molecule has 21 heavy (non-hydrogen) atoms. The fourth-order valence-electron chi connectivity index (χ4n) is 2.68. The average Bonchev–Trinajstić information content (AvgIpc) is 2.55. The normalized spacial score (nSPS) is 18.3. The highest BCUT2D eigenvalue weighted by atomic mass is 16.6. The smallest absolute Gasteiger partial charge is 0.223 e. The molecule has 0 spiro atoms. The molecule has 0 bridgehead atoms. The number of benzene rings is 1. The zero-order chi connectivity index (χ0) is 14.5. The van der Waals surface area contributed by atoms with E-state index < -0.39 is 0 Å². The van der Waals surface area contributed by atoms with Gasteiger partial charge in [-0.15, -0.1) is 0 Å². The Labute approximate surface area is 124 Å². The molecule has 1 amide bonds. The molecule has 114 valence electrons. The molecule has 0 radical (unpaired) electrons. The Bertz CT molecular complexity index is 497. The van der Waals surface area contributed by atoms with E-state index in [0.29, 0.717) is 33.0 Å². The molecule has 1 saturated heterocycles. The summed E-state index contributed by atoms with van der Waals surface area (Å²) in [5.41, 5.74) is 1.14. The lowest BCUT2D eigenvalue weighted by atomic mass is 9.99. The summed E-state index contributed by atoms with van der Waals surface area (Å²) in [4.78, 5) is 12.0. The Morgan fingerprint density at radius 2 is 1.86 bits per heavy atom. The van der Waals surface area contributed by atoms with E-state index in [0.717, 1.165) is 36.3 Å². The van der Waals surface area contributed by atoms with Gasteiger partial charge in [0.1, 0.15) is 13.2 Å². The maximum atomic E-state index is 12.0. The molecule has 0 atom stereocenters. The van der Waals surface area contributed by atoms with Crippen molar-refractivity contribution in [2.45, 2.75) is 19.3 Å². The third-order valence-corrected chi connectivity index (χ3v) is 3.91. The van der Waals surface area contributed by atoms with Gasteiger partial charge in [-0.2, -0.15) is 0 Å². The molecule has 1 aromatic carbocycles. The number of fused-ring (bicyclic) bond motifs is 1. The minimum Gasteiger partial charge on any atom is -0.486 e. The van der Waals surface area contributed by atoms with Gasteiger partial charge in [-0.1, -0.05) is 6.07 Å². The van der Waals surface area contributed by atoms with Gasteiger partial charge in [0.2, 0.25) is 5.91 Å². The summed E-state index contributed by atoms with van der Waals surface area (Å²) in [6.45, 7) is 3.24. The summed E-state index contributed by atoms with van der Waals surface area (Å²) < 4.78 is 16.3. The number of hydrogen-bond acceptors (Lipinski definition) is 4. The van der Waals surface area contributed by atoms with Crippen molar-refractivity contribution < 1.29 is 19.0 Å². The molecular weight excluding hydrogens is 270 g/mol. The quantitative estimate of drug-likeness (QED) is 0.914. The second-order valence-electron chi connectivity index (χ2n) is 5.41. The lowest BCUT2D eigenvalue weighted by Crippen LogP contribution is -2.35. The third-order valence-electron chi connectivity index (χ3n) is 3.91. The van der Waals surface area contributed by atoms with Crippen LogP contribution in [0.4, 0.5) is 0 Å². The van der Waals surface area contributed by atoms with E-state index in [4.69, 9.17) is 14.2 Å². The van der Waals surface area contributed by atoms with Gasteiger partial charge >= 0.3 is 0 Å². The average molecular weight is 291 g/mol. The number of ether oxygens (including phenoxy) is 3. The first kappa shape index (κ1) is 14.2. The summed E-state index contributed by atoms with van der Waals surface area (Å²) in [5.74, 6) is 1.86. The monoisotopic (exact) mass is 291 g/mol. The summed E-state index contributed by atoms with van der Waals surface area (Å²) in [6.07, 6.45) is 2.46. The van der Waals surface area contributed by atoms with Crippen LogP contribution in [-0.4, -0.2) is 38.9 Å². The van der Waals surface area contributed by atoms with E-state index in [1.54, 1.807) is 0 Å². The van der Waals surface area contributed by atoms with Crippen molar-refractivity contribution in [2.24, 2.45) is 5.92 Å². The highest BCUT2D eigenvalue weighted by Crippen LogP contribution is 2.30. The fraction of sp³-hybridized carbons (Fsp3) is 0.562. The van der Waals surface area contributed by atoms with Crippen LogP contribution in [-0.2, 0) is 16.0 Å². The molecule has 1 N–H and O–H groups in total. The molecule has 2 aliphatic rings. The van der Waals surface area contributed by atoms with Crippen LogP contribution in [0.1, 0.15) is 18.4 Å². The molecule has 2 heterocycles. The largest absolute Gasteiger partial charge is 0.486 e. The van der Waals surface area contributed by atoms with Gasteiger partial charge in [0, 0.05) is 25.7 Å². The van der Waals surface area contributed by atoms with Gasteiger partial charge in [-0.25, -0.2) is 0 Å². The zero-order valence-corrected chi connectivity index (χ0v) is 12.1. The minimum atomic E-state index is 0.110. The van der Waals surface area contributed by atoms with Gasteiger partial charge in [0.05, 0.1) is 0 Å². The van der Waals surface area contributed by atoms with Crippen LogP contribution in [0, 0.1) is 5.92 Å². The van der Waals surface area contributed by atoms with E-state index in [9.17, 15) is 4.79 Å². The molecule has 2 aliphatic heterocycles. The molecule has 3 rings (SSSR count). The second kappa shape index (κ2) is 6.80. The topological polar surface area (TPSA) is 56.8 Å². The number of nitrogens with one attached hydrogen (secondary N) is 1. The van der Waals surface area contributed by atoms with Crippen LogP contribution in [0.5, 0.6) is 11.5 Å². The highest BCUT2D eigenvalue weighted by molar-refractivity contribution is 5.78. The van der Waals surface area contributed by atoms with Crippen LogP contribution in [0.2, 0.25) is 0 Å². The number of amides is 1. The van der Waals surface area contributed by atoms with E-state index >= 15 is 0 Å². The standard InChI is InChI=1S/C16H21NO4/c18-16(13-4-7-19-8-5-13)17-6-3-12-1-2-14-15(11-12)21-10-9-20-14/h1-2,11,13H,3-10H2,(H,17,18). The van der Waals surface area contributed by atoms with Gasteiger partial charge in [-0.05, 0) is 37.0 Å². The summed E-state index contributed by atoms with van der Waals surface area (Å²) in [5, 5.41) is 3.01. The first-order chi connectivity index (χ1) is 10.3. The van der Waals surface area contributed by atoms with Crippen molar-refractivity contribution in [3.8, 4) is 11.5 Å². The molecule has 5 heteroatoms. The molecule has 5 nitrogen and oxygen atoms in total. The van der Waals surface area contributed by atoms with Crippen LogP contribution in [0.3, 0.4) is 0 Å². The molecule has 0 saturated carbocycles. The Morgan fingerprint density at radius 1 is 1.10 bits per heavy atom. The Balaban J connectivity index is 1.47. The van der Waals surface area contributed by atoms with Crippen LogP contribution in [0.15, 0.2) is 18.2 Å². The predicted molar refractivity (Wildman–Crippen MR) is 77.7 cm³/mol. The van der Waals surface area contributed by atoms with Gasteiger partial charge in [0.25, 0.3) is 0 Å². The highest BCUT2D eigenvalue weighted by Gasteiger charge is 2.21. The van der Waals surface area contributed by atoms with Crippen molar-refractivity contribution in [1.82, 2.24) is 5.32 Å². The van der Waals surface area contributed by atoms with Gasteiger partial charge < -0.3 is 19.5 Å². The third kappa shape index (κ3) is 3.67. The van der Waals surface area contributed by atoms with E-state index in [-0.39, 0.29) is 11.8 Å². The molecule has 0 aromatic heterocycles. The minimum absolute atomic E-state index is 0.110. The number of hydrogen-bond donors (Lipinski definition) is 1. The molecular formula is C16H21NO4. The van der Waals surface area contributed by atoms with Crippen LogP contribution >= 0.6 is 0 Å². The van der Waals surface area contributed by atoms with Crippen LogP contribution < -0.4 is 14.8 Å². The predicted octanol–water partition coefficient (Wildman–Crippen LogP) is 1.54. The summed E-state index contributed by atoms with van der Waals surface area (Å²) in [6, 6.07) is 5.95. The first-order valence-corrected chi connectivity index (χ1v) is 7.57. The van der Waals surface area contributed by atoms with Gasteiger partial charge in [-0.3, -0.25) is 4.79 Å². The number of rotatable bonds is 4. The van der Waals surface area contributed by atoms with Crippen molar-refractivity contribution in [2.75, 3.05) is 33.0 Å². The van der Waals surface area contributed by atoms with Crippen LogP contribution in [0.25, 0.3) is 0 Å². The molecule has 1 aromatic rings. The maximum Gasteiger partial charge on any atom is 0.223 e. The summed E-state index contributed by atoms with van der Waals surface area (Å²) in [7, 11) is 0. The molecule has 1 fully saturated rings. The van der Waals surface area contributed by atoms with E-state index in [2.05, 4.69) is 5.32 Å². The van der Waals surface area contributed by atoms with Crippen molar-refractivity contribution >= 4 is 5.91 Å². The second-order valence-corrected chi connectivity index (χ2v) is 5.41. The lowest BCUT2D eigenvalue weighted by Gasteiger charge is -2.21. The van der Waals surface area contributed by atoms with Crippen molar-refractivity contribution in [3.63, 3.8) is 0 Å². The number of carbonyl (C=O) groups excluding carboxylic acids is 1. The Morgan fingerprint density at radius 3 is 2.67 bits per heavy atom. The fourth-order valence-corrected chi connectivity index (χ4v) is 2.68. The van der Waals surface area contributed by atoms with Gasteiger partial charge in [0.15, 0.2) is 11.5 Å². The molecule has 0 unspecified atom stereocenters. The summed E-state index contributed by atoms with van der Waals surface area (Å²) >= 11 is 0. The van der Waals surface area contributed by atoms with Crippen molar-refractivity contribution in [3.05, 3.63) is 23.8 Å². The van der Waals surface area contributed by atoms with E-state index in [1.165, 1.54) is 0 Å².